The van der Waals surface area contributed by atoms with Crippen LogP contribution in [0.2, 0.25) is 0 Å². The molecule has 0 saturated heterocycles. The van der Waals surface area contributed by atoms with E-state index >= 15 is 0 Å². The van der Waals surface area contributed by atoms with Crippen molar-refractivity contribution in [3.63, 3.8) is 0 Å². The normalized spacial score (nSPS) is 10.5. The molecule has 0 aliphatic carbocycles. The Bertz CT molecular complexity index is 883. The molecule has 8 heteroatoms. The Labute approximate surface area is 176 Å². The number of hydrogen-bond donors (Lipinski definition) is 2. The van der Waals surface area contributed by atoms with Crippen LogP contribution in [0, 0.1) is 0 Å². The van der Waals surface area contributed by atoms with Crippen LogP contribution in [0.15, 0.2) is 47.6 Å². The summed E-state index contributed by atoms with van der Waals surface area (Å²) in [6, 6.07) is 12.5. The van der Waals surface area contributed by atoms with Gasteiger partial charge in [-0.25, -0.2) is 5.43 Å². The number of hydrogen-bond acceptors (Lipinski definition) is 6. The van der Waals surface area contributed by atoms with Crippen molar-refractivity contribution in [1.29, 1.82) is 0 Å². The number of methoxy groups -OCH3 is 1. The summed E-state index contributed by atoms with van der Waals surface area (Å²) in [7, 11) is 1.53. The summed E-state index contributed by atoms with van der Waals surface area (Å²) in [4.78, 5) is 24.0. The van der Waals surface area contributed by atoms with Crippen LogP contribution in [0.5, 0.6) is 17.2 Å². The lowest BCUT2D eigenvalue weighted by Crippen LogP contribution is -2.20. The molecule has 8 nitrogen and oxygen atoms in total. The van der Waals surface area contributed by atoms with Gasteiger partial charge in [0.15, 0.2) is 11.5 Å². The minimum atomic E-state index is -0.364. The highest BCUT2D eigenvalue weighted by molar-refractivity contribution is 5.94. The number of benzene rings is 2. The fourth-order valence-corrected chi connectivity index (χ4v) is 2.57. The zero-order valence-electron chi connectivity index (χ0n) is 17.4. The minimum Gasteiger partial charge on any atom is -0.495 e. The Kier molecular flexibility index (Phi) is 9.18. The second kappa shape index (κ2) is 12.1. The van der Waals surface area contributed by atoms with E-state index < -0.39 is 0 Å². The van der Waals surface area contributed by atoms with Crippen molar-refractivity contribution in [2.75, 3.05) is 25.6 Å². The van der Waals surface area contributed by atoms with Crippen molar-refractivity contribution in [3.05, 3.63) is 48.0 Å². The molecule has 0 fully saturated rings. The van der Waals surface area contributed by atoms with E-state index in [0.29, 0.717) is 36.1 Å². The predicted molar refractivity (Wildman–Crippen MR) is 115 cm³/mol. The number of para-hydroxylation sites is 2. The predicted octanol–water partition coefficient (Wildman–Crippen LogP) is 3.36. The first kappa shape index (κ1) is 22.7. The molecule has 30 heavy (non-hydrogen) atoms. The fourth-order valence-electron chi connectivity index (χ4n) is 2.57. The molecule has 0 radical (unpaired) electrons. The number of carbonyl (C=O) groups is 2. The Morgan fingerprint density at radius 3 is 2.37 bits per heavy atom. The largest absolute Gasteiger partial charge is 0.495 e. The van der Waals surface area contributed by atoms with Crippen LogP contribution in [0.3, 0.4) is 0 Å². The number of nitrogens with zero attached hydrogens (tertiary/aromatic N) is 1. The van der Waals surface area contributed by atoms with E-state index in [1.54, 1.807) is 30.3 Å². The molecule has 2 aromatic carbocycles. The first-order valence-electron chi connectivity index (χ1n) is 9.71. The lowest BCUT2D eigenvalue weighted by Gasteiger charge is -2.11. The number of anilines is 1. The van der Waals surface area contributed by atoms with Crippen LogP contribution in [-0.4, -0.2) is 38.4 Å². The van der Waals surface area contributed by atoms with Gasteiger partial charge in [0.25, 0.3) is 0 Å². The number of ether oxygens (including phenoxy) is 3. The molecule has 0 heterocycles. The van der Waals surface area contributed by atoms with Crippen molar-refractivity contribution in [2.24, 2.45) is 5.10 Å². The first-order valence-corrected chi connectivity index (χ1v) is 9.71. The molecule has 0 aromatic heterocycles. The molecule has 2 aromatic rings. The second-order valence-corrected chi connectivity index (χ2v) is 6.11. The molecule has 0 aliphatic rings. The fraction of sp³-hybridized carbons (Fsp3) is 0.318. The van der Waals surface area contributed by atoms with Gasteiger partial charge in [-0.1, -0.05) is 12.1 Å². The number of carbonyl (C=O) groups excluding carboxylic acids is 2. The van der Waals surface area contributed by atoms with Gasteiger partial charge < -0.3 is 19.5 Å². The van der Waals surface area contributed by atoms with E-state index in [1.165, 1.54) is 13.3 Å². The maximum atomic E-state index is 12.1. The Morgan fingerprint density at radius 1 is 0.933 bits per heavy atom. The molecular formula is C22H27N3O5. The molecule has 0 unspecified atom stereocenters. The van der Waals surface area contributed by atoms with E-state index in [0.717, 1.165) is 5.56 Å². The number of rotatable bonds is 11. The van der Waals surface area contributed by atoms with Gasteiger partial charge in [0.1, 0.15) is 5.75 Å². The molecule has 0 bridgehead atoms. The SMILES string of the molecule is CCOc1ccc(C=NNC(=O)CCC(=O)Nc2ccccc2OC)cc1OCC. The third-order valence-electron chi connectivity index (χ3n) is 3.93. The zero-order valence-corrected chi connectivity index (χ0v) is 17.4. The Morgan fingerprint density at radius 2 is 1.63 bits per heavy atom. The average Bonchev–Trinajstić information content (AvgIpc) is 2.75. The van der Waals surface area contributed by atoms with Gasteiger partial charge in [0.2, 0.25) is 11.8 Å². The van der Waals surface area contributed by atoms with E-state index in [4.69, 9.17) is 14.2 Å². The van der Waals surface area contributed by atoms with Crippen molar-refractivity contribution in [1.82, 2.24) is 5.43 Å². The Hall–Kier alpha value is -3.55. The van der Waals surface area contributed by atoms with Crippen LogP contribution in [0.1, 0.15) is 32.3 Å². The highest BCUT2D eigenvalue weighted by atomic mass is 16.5. The summed E-state index contributed by atoms with van der Waals surface area (Å²) in [5, 5.41) is 6.66. The van der Waals surface area contributed by atoms with Crippen molar-refractivity contribution < 1.29 is 23.8 Å². The summed E-state index contributed by atoms with van der Waals surface area (Å²) in [5.41, 5.74) is 3.72. The smallest absolute Gasteiger partial charge is 0.240 e. The van der Waals surface area contributed by atoms with Crippen LogP contribution in [0.4, 0.5) is 5.69 Å². The van der Waals surface area contributed by atoms with Crippen LogP contribution in [0.25, 0.3) is 0 Å². The summed E-state index contributed by atoms with van der Waals surface area (Å²) < 4.78 is 16.3. The monoisotopic (exact) mass is 413 g/mol. The zero-order chi connectivity index (χ0) is 21.8. The highest BCUT2D eigenvalue weighted by Gasteiger charge is 2.09. The van der Waals surface area contributed by atoms with Gasteiger partial charge in [0.05, 0.1) is 32.2 Å². The lowest BCUT2D eigenvalue weighted by atomic mass is 10.2. The van der Waals surface area contributed by atoms with Gasteiger partial charge in [0, 0.05) is 12.8 Å². The summed E-state index contributed by atoms with van der Waals surface area (Å²) in [6.07, 6.45) is 1.54. The number of amides is 2. The first-order chi connectivity index (χ1) is 14.6. The van der Waals surface area contributed by atoms with E-state index in [2.05, 4.69) is 15.8 Å². The highest BCUT2D eigenvalue weighted by Crippen LogP contribution is 2.28. The van der Waals surface area contributed by atoms with Crippen molar-refractivity contribution in [2.45, 2.75) is 26.7 Å². The number of nitrogens with one attached hydrogen (secondary N) is 2. The summed E-state index contributed by atoms with van der Waals surface area (Å²) in [6.45, 7) is 4.83. The Balaban J connectivity index is 1.83. The average molecular weight is 413 g/mol. The summed E-state index contributed by atoms with van der Waals surface area (Å²) >= 11 is 0. The van der Waals surface area contributed by atoms with Crippen LogP contribution < -0.4 is 25.0 Å². The molecule has 0 atom stereocenters. The van der Waals surface area contributed by atoms with E-state index in [-0.39, 0.29) is 24.7 Å². The van der Waals surface area contributed by atoms with Crippen LogP contribution in [-0.2, 0) is 9.59 Å². The molecule has 160 valence electrons. The maximum Gasteiger partial charge on any atom is 0.240 e. The molecule has 0 saturated carbocycles. The molecule has 0 spiro atoms. The second-order valence-electron chi connectivity index (χ2n) is 6.11. The maximum absolute atomic E-state index is 12.1. The van der Waals surface area contributed by atoms with Crippen LogP contribution >= 0.6 is 0 Å². The van der Waals surface area contributed by atoms with Gasteiger partial charge in [-0.2, -0.15) is 5.10 Å². The topological polar surface area (TPSA) is 98.2 Å². The van der Waals surface area contributed by atoms with E-state index in [1.807, 2.05) is 26.0 Å². The number of hydrazone groups is 1. The quantitative estimate of drug-likeness (QED) is 0.435. The standard InChI is InChI=1S/C22H27N3O5/c1-4-29-19-11-10-16(14-20(19)30-5-2)15-23-25-22(27)13-12-21(26)24-17-8-6-7-9-18(17)28-3/h6-11,14-15H,4-5,12-13H2,1-3H3,(H,24,26)(H,25,27). The van der Waals surface area contributed by atoms with Crippen molar-refractivity contribution >= 4 is 23.7 Å². The molecule has 2 N–H and O–H groups in total. The minimum absolute atomic E-state index is 0.00575. The van der Waals surface area contributed by atoms with Gasteiger partial charge in [-0.3, -0.25) is 9.59 Å². The van der Waals surface area contributed by atoms with Crippen molar-refractivity contribution in [3.8, 4) is 17.2 Å². The summed E-state index contributed by atoms with van der Waals surface area (Å²) in [5.74, 6) is 1.18. The lowest BCUT2D eigenvalue weighted by molar-refractivity contribution is -0.124. The third kappa shape index (κ3) is 7.12. The molecule has 2 rings (SSSR count). The van der Waals surface area contributed by atoms with Gasteiger partial charge in [-0.15, -0.1) is 0 Å². The molecular weight excluding hydrogens is 386 g/mol. The molecule has 2 amide bonds. The van der Waals surface area contributed by atoms with Gasteiger partial charge in [-0.05, 0) is 49.7 Å². The third-order valence-corrected chi connectivity index (χ3v) is 3.93. The van der Waals surface area contributed by atoms with Gasteiger partial charge >= 0.3 is 0 Å². The van der Waals surface area contributed by atoms with E-state index in [9.17, 15) is 9.59 Å². The molecule has 0 aliphatic heterocycles.